The van der Waals surface area contributed by atoms with Gasteiger partial charge in [-0.1, -0.05) is 30.3 Å². The summed E-state index contributed by atoms with van der Waals surface area (Å²) < 4.78 is 1.67. The number of benzene rings is 1. The summed E-state index contributed by atoms with van der Waals surface area (Å²) in [6.45, 7) is 0.561. The Morgan fingerprint density at radius 3 is 2.88 bits per heavy atom. The quantitative estimate of drug-likeness (QED) is 0.785. The van der Waals surface area contributed by atoms with E-state index >= 15 is 0 Å². The van der Waals surface area contributed by atoms with E-state index in [2.05, 4.69) is 10.5 Å². The number of hydroxylamine groups is 1. The standard InChI is InChI=1S/C12H13N3O2/c16-12(8-15-7-6-13-10-15)14-17-9-11-4-2-1-3-5-11/h1-7,10H,8-9H2,(H,14,16). The Balaban J connectivity index is 1.70. The average Bonchev–Trinajstić information content (AvgIpc) is 2.83. The van der Waals surface area contributed by atoms with Gasteiger partial charge in [0, 0.05) is 12.4 Å². The molecule has 0 unspecified atom stereocenters. The Morgan fingerprint density at radius 2 is 2.18 bits per heavy atom. The number of hydrogen-bond donors (Lipinski definition) is 1. The molecule has 2 aromatic rings. The van der Waals surface area contributed by atoms with Crippen LogP contribution in [0.15, 0.2) is 49.1 Å². The van der Waals surface area contributed by atoms with Gasteiger partial charge in [-0.2, -0.15) is 0 Å². The van der Waals surface area contributed by atoms with E-state index in [0.717, 1.165) is 5.56 Å². The fourth-order valence-corrected chi connectivity index (χ4v) is 1.35. The Morgan fingerprint density at radius 1 is 1.35 bits per heavy atom. The number of nitrogens with one attached hydrogen (secondary N) is 1. The first kappa shape index (κ1) is 11.3. The van der Waals surface area contributed by atoms with E-state index in [-0.39, 0.29) is 12.5 Å². The molecule has 0 saturated heterocycles. The summed E-state index contributed by atoms with van der Waals surface area (Å²) in [7, 11) is 0. The minimum absolute atomic E-state index is 0.203. The molecule has 5 heteroatoms. The SMILES string of the molecule is O=C(Cn1ccnc1)NOCc1ccccc1. The lowest BCUT2D eigenvalue weighted by Gasteiger charge is -2.06. The lowest BCUT2D eigenvalue weighted by atomic mass is 10.2. The van der Waals surface area contributed by atoms with Crippen LogP contribution < -0.4 is 5.48 Å². The molecular formula is C12H13N3O2. The number of rotatable bonds is 5. The van der Waals surface area contributed by atoms with Gasteiger partial charge in [0.2, 0.25) is 0 Å². The van der Waals surface area contributed by atoms with Crippen LogP contribution in [0.3, 0.4) is 0 Å². The highest BCUT2D eigenvalue weighted by molar-refractivity contribution is 5.74. The molecule has 0 aliphatic carbocycles. The third kappa shape index (κ3) is 3.73. The van der Waals surface area contributed by atoms with Gasteiger partial charge in [-0.25, -0.2) is 10.5 Å². The zero-order chi connectivity index (χ0) is 11.9. The third-order valence-corrected chi connectivity index (χ3v) is 2.15. The van der Waals surface area contributed by atoms with Gasteiger partial charge in [0.25, 0.3) is 5.91 Å². The smallest absolute Gasteiger partial charge is 0.263 e. The lowest BCUT2D eigenvalue weighted by Crippen LogP contribution is -2.27. The molecule has 1 heterocycles. The van der Waals surface area contributed by atoms with Crippen LogP contribution in [0.5, 0.6) is 0 Å². The predicted molar refractivity (Wildman–Crippen MR) is 61.6 cm³/mol. The molecule has 1 amide bonds. The van der Waals surface area contributed by atoms with Gasteiger partial charge in [-0.05, 0) is 5.56 Å². The van der Waals surface area contributed by atoms with Crippen molar-refractivity contribution in [2.24, 2.45) is 0 Å². The van der Waals surface area contributed by atoms with Gasteiger partial charge in [0.1, 0.15) is 6.54 Å². The fraction of sp³-hybridized carbons (Fsp3) is 0.167. The molecule has 0 fully saturated rings. The predicted octanol–water partition coefficient (Wildman–Crippen LogP) is 1.13. The van der Waals surface area contributed by atoms with E-state index < -0.39 is 0 Å². The molecule has 0 bridgehead atoms. The summed E-state index contributed by atoms with van der Waals surface area (Å²) in [4.78, 5) is 20.4. The monoisotopic (exact) mass is 231 g/mol. The summed E-state index contributed by atoms with van der Waals surface area (Å²) in [6, 6.07) is 9.64. The molecule has 0 spiro atoms. The maximum absolute atomic E-state index is 11.4. The van der Waals surface area contributed by atoms with Crippen LogP contribution in [-0.2, 0) is 22.8 Å². The molecule has 2 rings (SSSR count). The van der Waals surface area contributed by atoms with Crippen molar-refractivity contribution < 1.29 is 9.63 Å². The molecule has 0 saturated carbocycles. The number of aromatic nitrogens is 2. The Kier molecular flexibility index (Phi) is 3.88. The Hall–Kier alpha value is -2.14. The summed E-state index contributed by atoms with van der Waals surface area (Å²) in [5, 5.41) is 0. The Labute approximate surface area is 99.0 Å². The molecule has 0 atom stereocenters. The normalized spacial score (nSPS) is 10.1. The molecule has 1 N–H and O–H groups in total. The first-order valence-electron chi connectivity index (χ1n) is 5.25. The molecule has 1 aromatic heterocycles. The van der Waals surface area contributed by atoms with Crippen LogP contribution in [0.25, 0.3) is 0 Å². The van der Waals surface area contributed by atoms with Crippen LogP contribution in [0, 0.1) is 0 Å². The number of carbonyl (C=O) groups excluding carboxylic acids is 1. The van der Waals surface area contributed by atoms with Crippen LogP contribution in [-0.4, -0.2) is 15.5 Å². The van der Waals surface area contributed by atoms with Crippen molar-refractivity contribution in [3.05, 3.63) is 54.6 Å². The van der Waals surface area contributed by atoms with Crippen LogP contribution >= 0.6 is 0 Å². The molecule has 0 aliphatic heterocycles. The lowest BCUT2D eigenvalue weighted by molar-refractivity contribution is -0.135. The van der Waals surface area contributed by atoms with Crippen LogP contribution in [0.1, 0.15) is 5.56 Å². The third-order valence-electron chi connectivity index (χ3n) is 2.15. The Bertz CT molecular complexity index is 454. The van der Waals surface area contributed by atoms with Gasteiger partial charge in [0.15, 0.2) is 0 Å². The highest BCUT2D eigenvalue weighted by Crippen LogP contribution is 1.98. The first-order chi connectivity index (χ1) is 8.34. The highest BCUT2D eigenvalue weighted by atomic mass is 16.6. The second-order valence-corrected chi connectivity index (χ2v) is 3.53. The molecule has 17 heavy (non-hydrogen) atoms. The fourth-order valence-electron chi connectivity index (χ4n) is 1.35. The average molecular weight is 231 g/mol. The molecule has 0 radical (unpaired) electrons. The largest absolute Gasteiger partial charge is 0.328 e. The van der Waals surface area contributed by atoms with Crippen LogP contribution in [0.4, 0.5) is 0 Å². The van der Waals surface area contributed by atoms with E-state index in [1.165, 1.54) is 0 Å². The number of nitrogens with zero attached hydrogens (tertiary/aromatic N) is 2. The molecule has 5 nitrogen and oxygen atoms in total. The van der Waals surface area contributed by atoms with E-state index in [1.807, 2.05) is 30.3 Å². The van der Waals surface area contributed by atoms with Crippen molar-refractivity contribution in [1.82, 2.24) is 15.0 Å². The molecule has 1 aromatic carbocycles. The summed E-state index contributed by atoms with van der Waals surface area (Å²) in [5.41, 5.74) is 3.39. The van der Waals surface area contributed by atoms with Crippen molar-refractivity contribution >= 4 is 5.91 Å². The number of hydrogen-bond acceptors (Lipinski definition) is 3. The van der Waals surface area contributed by atoms with Gasteiger partial charge < -0.3 is 4.57 Å². The van der Waals surface area contributed by atoms with Crippen molar-refractivity contribution in [1.29, 1.82) is 0 Å². The van der Waals surface area contributed by atoms with Crippen LogP contribution in [0.2, 0.25) is 0 Å². The van der Waals surface area contributed by atoms with Crippen molar-refractivity contribution in [2.45, 2.75) is 13.2 Å². The number of amides is 1. The van der Waals surface area contributed by atoms with E-state index in [1.54, 1.807) is 23.3 Å². The maximum atomic E-state index is 11.4. The van der Waals surface area contributed by atoms with E-state index in [9.17, 15) is 4.79 Å². The number of carbonyl (C=O) groups is 1. The summed E-state index contributed by atoms with van der Waals surface area (Å²) in [6.07, 6.45) is 4.92. The number of imidazole rings is 1. The summed E-state index contributed by atoms with van der Waals surface area (Å²) >= 11 is 0. The zero-order valence-electron chi connectivity index (χ0n) is 9.24. The second kappa shape index (κ2) is 5.81. The van der Waals surface area contributed by atoms with Gasteiger partial charge in [-0.3, -0.25) is 9.63 Å². The highest BCUT2D eigenvalue weighted by Gasteiger charge is 2.01. The first-order valence-corrected chi connectivity index (χ1v) is 5.25. The summed E-state index contributed by atoms with van der Waals surface area (Å²) in [5.74, 6) is -0.209. The topological polar surface area (TPSA) is 56.2 Å². The van der Waals surface area contributed by atoms with Gasteiger partial charge >= 0.3 is 0 Å². The molecule has 88 valence electrons. The molecular weight excluding hydrogens is 218 g/mol. The van der Waals surface area contributed by atoms with Gasteiger partial charge in [0.05, 0.1) is 12.9 Å². The maximum Gasteiger partial charge on any atom is 0.263 e. The second-order valence-electron chi connectivity index (χ2n) is 3.53. The minimum atomic E-state index is -0.209. The minimum Gasteiger partial charge on any atom is -0.328 e. The van der Waals surface area contributed by atoms with Gasteiger partial charge in [-0.15, -0.1) is 0 Å². The molecule has 0 aliphatic rings. The zero-order valence-corrected chi connectivity index (χ0v) is 9.24. The van der Waals surface area contributed by atoms with Crippen molar-refractivity contribution in [2.75, 3.05) is 0 Å². The van der Waals surface area contributed by atoms with Crippen molar-refractivity contribution in [3.63, 3.8) is 0 Å². The van der Waals surface area contributed by atoms with E-state index in [0.29, 0.717) is 6.61 Å². The van der Waals surface area contributed by atoms with E-state index in [4.69, 9.17) is 4.84 Å². The van der Waals surface area contributed by atoms with Crippen molar-refractivity contribution in [3.8, 4) is 0 Å².